The maximum absolute atomic E-state index is 5.02. The van der Waals surface area contributed by atoms with Crippen molar-refractivity contribution in [2.24, 2.45) is 11.8 Å². The van der Waals surface area contributed by atoms with Crippen LogP contribution in [0.15, 0.2) is 60.7 Å². The predicted octanol–water partition coefficient (Wildman–Crippen LogP) is 5.99. The van der Waals surface area contributed by atoms with Gasteiger partial charge in [-0.15, -0.1) is 0 Å². The molecule has 2 aromatic heterocycles. The number of piperidine rings is 2. The molecule has 10 rings (SSSR count). The van der Waals surface area contributed by atoms with Crippen LogP contribution in [-0.4, -0.2) is 32.0 Å². The minimum Gasteiger partial charge on any atom is -0.341 e. The van der Waals surface area contributed by atoms with Crippen LogP contribution in [-0.2, 0) is 0 Å². The van der Waals surface area contributed by atoms with Gasteiger partial charge < -0.3 is 20.6 Å². The molecule has 0 radical (unpaired) electrons. The number of hydrogen-bond acceptors (Lipinski definition) is 4. The van der Waals surface area contributed by atoms with Crippen LogP contribution in [0.3, 0.4) is 0 Å². The fourth-order valence-corrected chi connectivity index (χ4v) is 7.34. The second kappa shape index (κ2) is 7.72. The zero-order valence-corrected chi connectivity index (χ0v) is 22.0. The summed E-state index contributed by atoms with van der Waals surface area (Å²) in [4.78, 5) is 17.2. The van der Waals surface area contributed by atoms with Gasteiger partial charge in [0.1, 0.15) is 11.6 Å². The topological polar surface area (TPSA) is 81.4 Å². The van der Waals surface area contributed by atoms with Gasteiger partial charge in [-0.1, -0.05) is 36.1 Å². The Labute approximate surface area is 231 Å². The largest absolute Gasteiger partial charge is 0.341 e. The highest BCUT2D eigenvalue weighted by Crippen LogP contribution is 2.46. The molecular weight excluding hydrogens is 492 g/mol. The van der Waals surface area contributed by atoms with Crippen molar-refractivity contribution in [2.75, 3.05) is 0 Å². The Morgan fingerprint density at radius 1 is 0.575 bits per heavy atom. The van der Waals surface area contributed by atoms with Gasteiger partial charge in [0.05, 0.1) is 34.2 Å². The molecule has 4 aliphatic rings. The number of H-pyrrole nitrogens is 2. The maximum Gasteiger partial charge on any atom is 0.124 e. The number of fused-ring (bicyclic) bond motifs is 8. The zero-order valence-electron chi connectivity index (χ0n) is 22.0. The van der Waals surface area contributed by atoms with E-state index in [9.17, 15) is 0 Å². The van der Waals surface area contributed by atoms with Crippen LogP contribution >= 0.6 is 0 Å². The van der Waals surface area contributed by atoms with E-state index in [2.05, 4.69) is 93.1 Å². The van der Waals surface area contributed by atoms with E-state index in [0.717, 1.165) is 56.7 Å². The summed E-state index contributed by atoms with van der Waals surface area (Å²) >= 11 is 0. The zero-order chi connectivity index (χ0) is 25.9. The van der Waals surface area contributed by atoms with Crippen LogP contribution in [0, 0.1) is 23.7 Å². The molecule has 4 aromatic carbocycles. The van der Waals surface area contributed by atoms with Gasteiger partial charge in [-0.25, -0.2) is 9.97 Å². The molecule has 4 heterocycles. The highest BCUT2D eigenvalue weighted by Gasteiger charge is 2.47. The van der Waals surface area contributed by atoms with Crippen LogP contribution in [0.1, 0.15) is 60.5 Å². The van der Waals surface area contributed by atoms with Crippen LogP contribution in [0.2, 0.25) is 0 Å². The Morgan fingerprint density at radius 2 is 1.07 bits per heavy atom. The summed E-state index contributed by atoms with van der Waals surface area (Å²) in [5.74, 6) is 10.6. The molecule has 2 saturated carbocycles. The summed E-state index contributed by atoms with van der Waals surface area (Å²) in [6.07, 6.45) is 5.05. The molecule has 6 nitrogen and oxygen atoms in total. The number of nitrogens with zero attached hydrogens (tertiary/aromatic N) is 2. The molecule has 4 unspecified atom stereocenters. The molecule has 4 fully saturated rings. The SMILES string of the molecule is C(#Cc1ccc2c(ccc3[nH]c([C@@H]4CC5CC5N4)nc32)c1)c1ccc2c(ccc3[nH]c([C@@H]4CC5CC5N4)nc32)c1. The van der Waals surface area contributed by atoms with Gasteiger partial charge in [0.2, 0.25) is 0 Å². The van der Waals surface area contributed by atoms with Gasteiger partial charge in [0.15, 0.2) is 0 Å². The van der Waals surface area contributed by atoms with Gasteiger partial charge in [0.25, 0.3) is 0 Å². The lowest BCUT2D eigenvalue weighted by Gasteiger charge is -2.08. The Balaban J connectivity index is 0.953. The molecule has 6 aromatic rings. The summed E-state index contributed by atoms with van der Waals surface area (Å²) in [7, 11) is 0. The van der Waals surface area contributed by atoms with Gasteiger partial charge in [-0.2, -0.15) is 0 Å². The van der Waals surface area contributed by atoms with Crippen LogP contribution in [0.5, 0.6) is 0 Å². The second-order valence-electron chi connectivity index (χ2n) is 12.4. The van der Waals surface area contributed by atoms with Crippen LogP contribution < -0.4 is 10.6 Å². The predicted molar refractivity (Wildman–Crippen MR) is 158 cm³/mol. The number of hydrogen-bond donors (Lipinski definition) is 4. The summed E-state index contributed by atoms with van der Waals surface area (Å²) in [5, 5.41) is 12.1. The summed E-state index contributed by atoms with van der Waals surface area (Å²) in [6, 6.07) is 23.7. The molecule has 194 valence electrons. The summed E-state index contributed by atoms with van der Waals surface area (Å²) in [6.45, 7) is 0. The fourth-order valence-electron chi connectivity index (χ4n) is 7.34. The van der Waals surface area contributed by atoms with Crippen molar-refractivity contribution in [1.29, 1.82) is 0 Å². The van der Waals surface area contributed by atoms with Gasteiger partial charge in [-0.3, -0.25) is 0 Å². The van der Waals surface area contributed by atoms with Crippen molar-refractivity contribution >= 4 is 43.6 Å². The Morgan fingerprint density at radius 3 is 1.52 bits per heavy atom. The van der Waals surface area contributed by atoms with Gasteiger partial charge >= 0.3 is 0 Å². The summed E-state index contributed by atoms with van der Waals surface area (Å²) < 4.78 is 0. The smallest absolute Gasteiger partial charge is 0.124 e. The average Bonchev–Trinajstić information content (AvgIpc) is 3.56. The number of benzene rings is 4. The highest BCUT2D eigenvalue weighted by atomic mass is 15.1. The standard InChI is InChI=1S/C34H28N6/c1(17-3-7-23-19(11-17)5-9-25-31(23)39-33(37-25)29-15-21-13-27(21)35-29)2-18-4-8-24-20(12-18)6-10-26-32(24)40-34(38-26)30-16-22-14-28(22)36-30/h3-12,21-22,27-30,35-36H,13-16H2,(H,37,39)(H,38,40)/t21?,22?,27?,28?,29-,30-/m0/s1. The van der Waals surface area contributed by atoms with Crippen molar-refractivity contribution in [2.45, 2.75) is 49.9 Å². The Kier molecular flexibility index (Phi) is 4.17. The molecule has 4 N–H and O–H groups in total. The number of rotatable bonds is 2. The first-order chi connectivity index (χ1) is 19.7. The molecule has 2 saturated heterocycles. The number of aromatic nitrogens is 4. The van der Waals surface area contributed by atoms with Crippen LogP contribution in [0.25, 0.3) is 43.6 Å². The van der Waals surface area contributed by atoms with E-state index in [1.165, 1.54) is 47.2 Å². The lowest BCUT2D eigenvalue weighted by atomic mass is 10.0. The molecular formula is C34H28N6. The molecule has 40 heavy (non-hydrogen) atoms. The van der Waals surface area contributed by atoms with Crippen molar-refractivity contribution in [3.63, 3.8) is 0 Å². The number of nitrogens with one attached hydrogen (secondary N) is 4. The molecule has 6 heteroatoms. The second-order valence-corrected chi connectivity index (χ2v) is 12.4. The normalized spacial score (nSPS) is 28.2. The third-order valence-corrected chi connectivity index (χ3v) is 9.74. The lowest BCUT2D eigenvalue weighted by molar-refractivity contribution is 0.544. The van der Waals surface area contributed by atoms with E-state index in [4.69, 9.17) is 9.97 Å². The number of imidazole rings is 2. The quantitative estimate of drug-likeness (QED) is 0.211. The highest BCUT2D eigenvalue weighted by molar-refractivity contribution is 6.05. The van der Waals surface area contributed by atoms with E-state index >= 15 is 0 Å². The molecule has 0 spiro atoms. The van der Waals surface area contributed by atoms with Crippen molar-refractivity contribution in [3.05, 3.63) is 83.4 Å². The third kappa shape index (κ3) is 3.32. The molecule has 6 atom stereocenters. The average molecular weight is 521 g/mol. The van der Waals surface area contributed by atoms with Gasteiger partial charge in [0, 0.05) is 34.0 Å². The van der Waals surface area contributed by atoms with E-state index in [1.54, 1.807) is 0 Å². The van der Waals surface area contributed by atoms with Crippen LogP contribution in [0.4, 0.5) is 0 Å². The number of aromatic amines is 2. The minimum atomic E-state index is 0.360. The first kappa shape index (κ1) is 21.6. The molecule has 0 bridgehead atoms. The fraction of sp³-hybridized carbons (Fsp3) is 0.294. The van der Waals surface area contributed by atoms with E-state index in [1.807, 2.05) is 0 Å². The molecule has 2 aliphatic heterocycles. The molecule has 0 amide bonds. The Hall–Kier alpha value is -4.18. The third-order valence-electron chi connectivity index (χ3n) is 9.74. The van der Waals surface area contributed by atoms with Crippen molar-refractivity contribution < 1.29 is 0 Å². The monoisotopic (exact) mass is 520 g/mol. The van der Waals surface area contributed by atoms with Gasteiger partial charge in [-0.05, 0) is 84.7 Å². The lowest BCUT2D eigenvalue weighted by Crippen LogP contribution is -2.18. The first-order valence-electron chi connectivity index (χ1n) is 14.6. The Bertz CT molecular complexity index is 1920. The van der Waals surface area contributed by atoms with E-state index in [-0.39, 0.29) is 0 Å². The van der Waals surface area contributed by atoms with Crippen molar-refractivity contribution in [3.8, 4) is 11.8 Å². The summed E-state index contributed by atoms with van der Waals surface area (Å²) in [5.41, 5.74) is 6.34. The minimum absolute atomic E-state index is 0.360. The van der Waals surface area contributed by atoms with Crippen molar-refractivity contribution in [1.82, 2.24) is 30.6 Å². The maximum atomic E-state index is 5.02. The van der Waals surface area contributed by atoms with E-state index in [0.29, 0.717) is 24.2 Å². The molecule has 2 aliphatic carbocycles. The first-order valence-corrected chi connectivity index (χ1v) is 14.6. The van der Waals surface area contributed by atoms with E-state index < -0.39 is 0 Å².